The van der Waals surface area contributed by atoms with Crippen LogP contribution in [0.15, 0.2) is 249 Å². The van der Waals surface area contributed by atoms with Crippen molar-refractivity contribution in [2.24, 2.45) is 0 Å². The number of aromatic nitrogens is 8. The second-order valence-electron chi connectivity index (χ2n) is 35.8. The number of anilines is 5. The Bertz CT molecular complexity index is 6580. The van der Waals surface area contributed by atoms with Crippen LogP contribution >= 0.6 is 0 Å². The third-order valence-corrected chi connectivity index (χ3v) is 24.8. The summed E-state index contributed by atoms with van der Waals surface area (Å²) in [7, 11) is 4.82. The lowest BCUT2D eigenvalue weighted by molar-refractivity contribution is -0.131. The number of hydrogen-bond donors (Lipinski definition) is 1. The Kier molecular flexibility index (Phi) is 35.4. The number of carboxylic acids is 1. The zero-order valence-corrected chi connectivity index (χ0v) is 82.3. The molecule has 4 aliphatic rings. The summed E-state index contributed by atoms with van der Waals surface area (Å²) >= 11 is 0. The van der Waals surface area contributed by atoms with E-state index in [-0.39, 0.29) is 77.2 Å². The maximum absolute atomic E-state index is 15.1. The Labute approximate surface area is 829 Å². The number of hydrogen-bond acceptors (Lipinski definition) is 22. The van der Waals surface area contributed by atoms with Gasteiger partial charge in [-0.05, 0) is 206 Å². The number of aryl methyl sites for hydroxylation is 1. The maximum Gasteiger partial charge on any atom is 0.328 e. The molecule has 27 nitrogen and oxygen atoms in total. The van der Waals surface area contributed by atoms with Crippen molar-refractivity contribution in [1.29, 1.82) is 0 Å². The van der Waals surface area contributed by atoms with E-state index in [1.807, 2.05) is 199 Å². The number of methoxy groups -OCH3 is 3. The number of rotatable bonds is 28. The van der Waals surface area contributed by atoms with Crippen LogP contribution in [0, 0.1) is 24.4 Å². The lowest BCUT2D eigenvalue weighted by atomic mass is 10.0. The van der Waals surface area contributed by atoms with Gasteiger partial charge in [0.05, 0.1) is 98.5 Å². The number of morpholine rings is 2. The Hall–Kier alpha value is -15.3. The summed E-state index contributed by atoms with van der Waals surface area (Å²) in [6.45, 7) is 26.7. The van der Waals surface area contributed by atoms with Crippen LogP contribution in [-0.2, 0) is 46.9 Å². The molecule has 3 fully saturated rings. The van der Waals surface area contributed by atoms with Crippen LogP contribution in [0.5, 0.6) is 17.2 Å². The van der Waals surface area contributed by atoms with E-state index in [1.54, 1.807) is 127 Å². The molecule has 4 aromatic heterocycles. The highest BCUT2D eigenvalue weighted by molar-refractivity contribution is 6.11. The van der Waals surface area contributed by atoms with Crippen LogP contribution < -0.4 is 38.7 Å². The molecule has 9 aromatic carbocycles. The zero-order valence-electron chi connectivity index (χ0n) is 82.3. The average molecular weight is 1930 g/mol. The molecule has 4 aliphatic heterocycles. The van der Waals surface area contributed by atoms with Gasteiger partial charge in [0.1, 0.15) is 34.7 Å². The molecule has 0 unspecified atom stereocenters. The Morgan fingerprint density at radius 2 is 0.817 bits per heavy atom. The molecule has 0 atom stereocenters. The molecular weight excluding hydrogens is 1800 g/mol. The third kappa shape index (κ3) is 25.8. The van der Waals surface area contributed by atoms with Crippen molar-refractivity contribution >= 4 is 65.2 Å². The summed E-state index contributed by atoms with van der Waals surface area (Å²) in [6, 6.07) is 66.9. The predicted molar refractivity (Wildman–Crippen MR) is 549 cm³/mol. The Morgan fingerprint density at radius 1 is 0.408 bits per heavy atom. The average Bonchev–Trinajstić information content (AvgIpc) is 1.04. The van der Waals surface area contributed by atoms with E-state index in [2.05, 4.69) is 41.9 Å². The van der Waals surface area contributed by atoms with Gasteiger partial charge >= 0.3 is 5.97 Å². The summed E-state index contributed by atoms with van der Waals surface area (Å²) in [6.07, 6.45) is 11.5. The first-order valence-corrected chi connectivity index (χ1v) is 47.9. The Balaban J connectivity index is 0.000000160. The number of carbonyl (C=O) groups is 5. The monoisotopic (exact) mass is 1920 g/mol. The van der Waals surface area contributed by atoms with Crippen molar-refractivity contribution in [2.75, 3.05) is 118 Å². The summed E-state index contributed by atoms with van der Waals surface area (Å²) < 4.78 is 71.9. The maximum atomic E-state index is 15.1. The van der Waals surface area contributed by atoms with Crippen molar-refractivity contribution < 1.29 is 67.4 Å². The second-order valence-corrected chi connectivity index (χ2v) is 35.8. The van der Waals surface area contributed by atoms with Crippen LogP contribution in [0.1, 0.15) is 157 Å². The van der Waals surface area contributed by atoms with Crippen LogP contribution in [0.2, 0.25) is 0 Å². The number of amides is 4. The standard InChI is InChI=1S/C31H31FN4O2.C28H30N4O4.C27H31FN4O2.C26H29FN4O3.H2/c1-21(2)36(19-22-9-8-12-25(17-22)38-3)30(37)27-18-33-31(34-29(27)26-13-6-7-14-28(26)32)35-16-15-23-10-4-5-11-24(23)20-35;1-20(2)32(19-22-7-4-3-5-8-22)27(35)24-18-29-28(31-13-15-36-16-14-31)30-26(24)23-10-6-9-21(17-23)11-12-25(33)34;1-19(2)32(18-20-10-9-11-21(16-20)34-3)26(33)23-17-29-27(31-14-7-4-8-15-31)30-25(23)22-12-5-6-13-24(22)28;1-17(2)31(19-8-7-9-20(16-19)33-4)25(32)23-18(3)28-26(30-12-14-34-15-13-30)29-24(23)21-10-5-6-11-22(21)27;/h4-14,17-18,21H,15-16,19-20H2,1-3H3;3-12,17-18,20H,13-16,19H2,1-2H3,(H,33,34);5-6,9-13,16-17,19H,4,7-8,14-15,18H2,1-3H3;5-11,16-17H,12-15H2,1-4H3;1H/b;12-11+;;;. The molecule has 1 N–H and O–H groups in total. The predicted octanol–water partition coefficient (Wildman–Crippen LogP) is 20.1. The molecule has 0 radical (unpaired) electrons. The van der Waals surface area contributed by atoms with E-state index in [9.17, 15) is 32.8 Å². The molecule has 142 heavy (non-hydrogen) atoms. The fraction of sp³-hybridized carbons (Fsp3) is 0.312. The van der Waals surface area contributed by atoms with E-state index in [0.29, 0.717) is 165 Å². The topological polar surface area (TPSA) is 281 Å². The van der Waals surface area contributed by atoms with Gasteiger partial charge in [0, 0.05) is 156 Å². The number of nitrogens with zero attached hydrogens (tertiary/aromatic N) is 16. The van der Waals surface area contributed by atoms with Crippen LogP contribution in [-0.4, -0.2) is 207 Å². The van der Waals surface area contributed by atoms with Gasteiger partial charge < -0.3 is 68.0 Å². The van der Waals surface area contributed by atoms with Gasteiger partial charge in [-0.15, -0.1) is 0 Å². The van der Waals surface area contributed by atoms with Crippen molar-refractivity contribution in [3.8, 4) is 62.3 Å². The molecule has 4 amide bonds. The lowest BCUT2D eigenvalue weighted by Gasteiger charge is -2.30. The number of benzene rings is 9. The number of ether oxygens (including phenoxy) is 5. The summed E-state index contributed by atoms with van der Waals surface area (Å²) in [4.78, 5) is 119. The van der Waals surface area contributed by atoms with Crippen molar-refractivity contribution in [3.63, 3.8) is 0 Å². The van der Waals surface area contributed by atoms with E-state index in [4.69, 9.17) is 48.7 Å². The van der Waals surface area contributed by atoms with Gasteiger partial charge in [-0.1, -0.05) is 140 Å². The largest absolute Gasteiger partial charge is 0.497 e. The number of carboxylic acid groups (broad SMARTS) is 1. The molecule has 0 bridgehead atoms. The molecule has 738 valence electrons. The smallest absolute Gasteiger partial charge is 0.328 e. The number of halogens is 3. The fourth-order valence-electron chi connectivity index (χ4n) is 17.2. The second kappa shape index (κ2) is 49.0. The van der Waals surface area contributed by atoms with E-state index < -0.39 is 23.4 Å². The van der Waals surface area contributed by atoms with Gasteiger partial charge in [0.15, 0.2) is 0 Å². The molecular formula is C112H123F3N16O11. The fourth-order valence-corrected chi connectivity index (χ4v) is 17.2. The molecule has 0 saturated carbocycles. The minimum absolute atomic E-state index is 0. The van der Waals surface area contributed by atoms with E-state index in [0.717, 1.165) is 73.2 Å². The highest BCUT2D eigenvalue weighted by Crippen LogP contribution is 2.38. The SMILES string of the molecule is CC(C)N(Cc1ccccc1)C(=O)c1cnc(N2CCOCC2)nc1-c1cccc(/C=C/C(=O)O)c1.COc1cccc(CN(C(=O)c2cnc(N3CCCCC3)nc2-c2ccccc2F)C(C)C)c1.COc1cccc(CN(C(=O)c2cnc(N3CCc4ccccc4C3)nc2-c2ccccc2F)C(C)C)c1.COc1cccc(N(C(=O)c2c(C)nc(N3CCOCC3)nc2-c2ccccc2F)C(C)C)c1.[HH]. The van der Waals surface area contributed by atoms with Crippen molar-refractivity contribution in [3.05, 3.63) is 328 Å². The van der Waals surface area contributed by atoms with Gasteiger partial charge in [0.25, 0.3) is 23.6 Å². The highest BCUT2D eigenvalue weighted by atomic mass is 19.1. The highest BCUT2D eigenvalue weighted by Gasteiger charge is 2.35. The third-order valence-electron chi connectivity index (χ3n) is 24.8. The number of carbonyl (C=O) groups excluding carboxylic acids is 4. The molecule has 0 spiro atoms. The molecule has 13 aromatic rings. The summed E-state index contributed by atoms with van der Waals surface area (Å²) in [5.41, 5.74) is 11.5. The normalized spacial score (nSPS) is 13.5. The van der Waals surface area contributed by atoms with Crippen LogP contribution in [0.25, 0.3) is 51.1 Å². The summed E-state index contributed by atoms with van der Waals surface area (Å²) in [5.74, 6) is 0.857. The van der Waals surface area contributed by atoms with Crippen molar-refractivity contribution in [1.82, 2.24) is 54.6 Å². The minimum atomic E-state index is -1.03. The number of fused-ring (bicyclic) bond motifs is 1. The zero-order chi connectivity index (χ0) is 100. The van der Waals surface area contributed by atoms with Crippen molar-refractivity contribution in [2.45, 2.75) is 138 Å². The van der Waals surface area contributed by atoms with Crippen LogP contribution in [0.4, 0.5) is 42.7 Å². The number of piperidine rings is 1. The first-order valence-electron chi connectivity index (χ1n) is 47.9. The minimum Gasteiger partial charge on any atom is -0.497 e. The molecule has 17 rings (SSSR count). The first-order chi connectivity index (χ1) is 68.7. The van der Waals surface area contributed by atoms with Gasteiger partial charge in [0.2, 0.25) is 23.8 Å². The first kappa shape index (κ1) is 103. The lowest BCUT2D eigenvalue weighted by Crippen LogP contribution is -2.39. The molecule has 3 saturated heterocycles. The quantitative estimate of drug-likeness (QED) is 0.0446. The number of aliphatic carboxylic acids is 1. The van der Waals surface area contributed by atoms with Crippen LogP contribution in [0.3, 0.4) is 0 Å². The van der Waals surface area contributed by atoms with E-state index in [1.165, 1.54) is 41.8 Å². The van der Waals surface area contributed by atoms with Gasteiger partial charge in [-0.25, -0.2) is 57.8 Å². The Morgan fingerprint density at radius 3 is 1.30 bits per heavy atom. The summed E-state index contributed by atoms with van der Waals surface area (Å²) in [5, 5.41) is 9.02. The van der Waals surface area contributed by atoms with E-state index >= 15 is 4.39 Å². The van der Waals surface area contributed by atoms with Gasteiger partial charge in [-0.3, -0.25) is 19.2 Å². The molecule has 30 heteroatoms. The van der Waals surface area contributed by atoms with Gasteiger partial charge in [-0.2, -0.15) is 0 Å². The molecule has 0 aliphatic carbocycles. The molecule has 8 heterocycles.